The Kier molecular flexibility index (Phi) is 6.04. The Bertz CT molecular complexity index is 891. The van der Waals surface area contributed by atoms with Crippen molar-refractivity contribution in [2.75, 3.05) is 14.2 Å². The van der Waals surface area contributed by atoms with E-state index >= 15 is 0 Å². The average molecular weight is 386 g/mol. The minimum atomic E-state index is -0.131. The second-order valence-corrected chi connectivity index (χ2v) is 6.46. The van der Waals surface area contributed by atoms with Gasteiger partial charge in [-0.25, -0.2) is 0 Å². The molecule has 0 fully saturated rings. The largest absolute Gasteiger partial charge is 0.493 e. The lowest BCUT2D eigenvalue weighted by Crippen LogP contribution is -2.26. The van der Waals surface area contributed by atoms with Crippen LogP contribution in [0.3, 0.4) is 0 Å². The summed E-state index contributed by atoms with van der Waals surface area (Å²) >= 11 is 5.89. The Balaban J connectivity index is 1.69. The third-order valence-electron chi connectivity index (χ3n) is 4.04. The minimum absolute atomic E-state index is 0.131. The van der Waals surface area contributed by atoms with Crippen molar-refractivity contribution in [2.24, 2.45) is 0 Å². The highest BCUT2D eigenvalue weighted by Crippen LogP contribution is 2.29. The van der Waals surface area contributed by atoms with Gasteiger partial charge in [0.2, 0.25) is 0 Å². The van der Waals surface area contributed by atoms with E-state index in [-0.39, 0.29) is 5.91 Å². The molecule has 27 heavy (non-hydrogen) atoms. The molecule has 2 aromatic carbocycles. The van der Waals surface area contributed by atoms with E-state index in [9.17, 15) is 4.79 Å². The molecule has 0 radical (unpaired) electrons. The zero-order valence-electron chi connectivity index (χ0n) is 15.1. The summed E-state index contributed by atoms with van der Waals surface area (Å²) in [5, 5.41) is 0.679. The molecule has 0 saturated carbocycles. The van der Waals surface area contributed by atoms with E-state index < -0.39 is 0 Å². The Labute approximate surface area is 163 Å². The Morgan fingerprint density at radius 3 is 2.56 bits per heavy atom. The second-order valence-electron chi connectivity index (χ2n) is 6.02. The van der Waals surface area contributed by atoms with Crippen LogP contribution in [0.2, 0.25) is 5.02 Å². The third-order valence-corrected chi connectivity index (χ3v) is 4.29. The first kappa shape index (κ1) is 18.9. The van der Waals surface area contributed by atoms with Gasteiger partial charge in [-0.1, -0.05) is 23.7 Å². The number of ether oxygens (including phenoxy) is 2. The smallest absolute Gasteiger partial charge is 0.254 e. The SMILES string of the molecule is COc1cc(C(=O)N(C)Cc2ccco2)ccc1OCc1ccc(Cl)cc1. The highest BCUT2D eigenvalue weighted by Gasteiger charge is 2.16. The van der Waals surface area contributed by atoms with Gasteiger partial charge in [-0.3, -0.25) is 4.79 Å². The predicted octanol–water partition coefficient (Wildman–Crippen LogP) is 4.79. The number of benzene rings is 2. The minimum Gasteiger partial charge on any atom is -0.493 e. The van der Waals surface area contributed by atoms with Gasteiger partial charge in [0.05, 0.1) is 19.9 Å². The Morgan fingerprint density at radius 2 is 1.89 bits per heavy atom. The maximum absolute atomic E-state index is 12.6. The van der Waals surface area contributed by atoms with Gasteiger partial charge in [0.15, 0.2) is 11.5 Å². The van der Waals surface area contributed by atoms with Crippen molar-refractivity contribution in [1.29, 1.82) is 0 Å². The van der Waals surface area contributed by atoms with Crippen LogP contribution in [0, 0.1) is 0 Å². The summed E-state index contributed by atoms with van der Waals surface area (Å²) in [6.45, 7) is 0.766. The molecule has 0 aliphatic carbocycles. The van der Waals surface area contributed by atoms with Gasteiger partial charge >= 0.3 is 0 Å². The van der Waals surface area contributed by atoms with Crippen LogP contribution in [-0.4, -0.2) is 25.0 Å². The lowest BCUT2D eigenvalue weighted by molar-refractivity contribution is 0.0775. The van der Waals surface area contributed by atoms with Gasteiger partial charge < -0.3 is 18.8 Å². The standard InChI is InChI=1S/C21H20ClNO4/c1-23(13-18-4-3-11-26-18)21(24)16-7-10-19(20(12-16)25-2)27-14-15-5-8-17(22)9-6-15/h3-12H,13-14H2,1-2H3. The summed E-state index contributed by atoms with van der Waals surface area (Å²) in [6, 6.07) is 16.2. The Hall–Kier alpha value is -2.92. The number of rotatable bonds is 7. The molecule has 6 heteroatoms. The molecule has 0 aliphatic heterocycles. The van der Waals surface area contributed by atoms with Crippen LogP contribution in [0.15, 0.2) is 65.3 Å². The lowest BCUT2D eigenvalue weighted by Gasteiger charge is -2.17. The van der Waals surface area contributed by atoms with Gasteiger partial charge in [-0.2, -0.15) is 0 Å². The number of furan rings is 1. The topological polar surface area (TPSA) is 51.9 Å². The van der Waals surface area contributed by atoms with E-state index in [0.29, 0.717) is 35.2 Å². The van der Waals surface area contributed by atoms with Crippen molar-refractivity contribution in [2.45, 2.75) is 13.2 Å². The molecule has 1 heterocycles. The molecule has 1 aromatic heterocycles. The number of nitrogens with zero attached hydrogens (tertiary/aromatic N) is 1. The number of carbonyl (C=O) groups is 1. The predicted molar refractivity (Wildman–Crippen MR) is 103 cm³/mol. The van der Waals surface area contributed by atoms with E-state index in [0.717, 1.165) is 11.3 Å². The summed E-state index contributed by atoms with van der Waals surface area (Å²) in [7, 11) is 3.27. The Morgan fingerprint density at radius 1 is 1.11 bits per heavy atom. The van der Waals surface area contributed by atoms with E-state index in [1.165, 1.54) is 0 Å². The molecule has 0 atom stereocenters. The van der Waals surface area contributed by atoms with Crippen LogP contribution in [-0.2, 0) is 13.2 Å². The maximum Gasteiger partial charge on any atom is 0.254 e. The molecule has 0 aliphatic rings. The van der Waals surface area contributed by atoms with Crippen molar-refractivity contribution in [3.63, 3.8) is 0 Å². The molecule has 0 N–H and O–H groups in total. The van der Waals surface area contributed by atoms with Crippen molar-refractivity contribution in [3.05, 3.63) is 82.8 Å². The number of amides is 1. The number of carbonyl (C=O) groups excluding carboxylic acids is 1. The van der Waals surface area contributed by atoms with Crippen LogP contribution in [0.5, 0.6) is 11.5 Å². The van der Waals surface area contributed by atoms with Crippen molar-refractivity contribution in [1.82, 2.24) is 4.90 Å². The molecule has 5 nitrogen and oxygen atoms in total. The zero-order valence-corrected chi connectivity index (χ0v) is 15.9. The quantitative estimate of drug-likeness (QED) is 0.586. The monoisotopic (exact) mass is 385 g/mol. The van der Waals surface area contributed by atoms with E-state index in [2.05, 4.69) is 0 Å². The van der Waals surface area contributed by atoms with Crippen molar-refractivity contribution < 1.29 is 18.7 Å². The van der Waals surface area contributed by atoms with E-state index in [1.807, 2.05) is 30.3 Å². The highest BCUT2D eigenvalue weighted by molar-refractivity contribution is 6.30. The summed E-state index contributed by atoms with van der Waals surface area (Å²) in [4.78, 5) is 14.2. The first-order chi connectivity index (χ1) is 13.1. The highest BCUT2D eigenvalue weighted by atomic mass is 35.5. The normalized spacial score (nSPS) is 10.5. The fourth-order valence-electron chi connectivity index (χ4n) is 2.59. The molecule has 3 rings (SSSR count). The fraction of sp³-hybridized carbons (Fsp3) is 0.190. The summed E-state index contributed by atoms with van der Waals surface area (Å²) in [6.07, 6.45) is 1.59. The summed E-state index contributed by atoms with van der Waals surface area (Å²) < 4.78 is 16.5. The van der Waals surface area contributed by atoms with E-state index in [1.54, 1.807) is 49.6 Å². The van der Waals surface area contributed by atoms with Crippen LogP contribution in [0.25, 0.3) is 0 Å². The number of methoxy groups -OCH3 is 1. The molecule has 0 spiro atoms. The zero-order chi connectivity index (χ0) is 19.2. The van der Waals surface area contributed by atoms with Crippen LogP contribution in [0.4, 0.5) is 0 Å². The van der Waals surface area contributed by atoms with Crippen molar-refractivity contribution >= 4 is 17.5 Å². The molecule has 140 valence electrons. The first-order valence-electron chi connectivity index (χ1n) is 8.40. The fourth-order valence-corrected chi connectivity index (χ4v) is 2.72. The first-order valence-corrected chi connectivity index (χ1v) is 8.77. The van der Waals surface area contributed by atoms with Gasteiger partial charge in [-0.05, 0) is 48.0 Å². The summed E-state index contributed by atoms with van der Waals surface area (Å²) in [5.41, 5.74) is 1.50. The van der Waals surface area contributed by atoms with Crippen LogP contribution in [0.1, 0.15) is 21.7 Å². The molecule has 0 unspecified atom stereocenters. The number of hydrogen-bond donors (Lipinski definition) is 0. The van der Waals surface area contributed by atoms with Gasteiger partial charge in [0.1, 0.15) is 12.4 Å². The number of halogens is 1. The van der Waals surface area contributed by atoms with Crippen molar-refractivity contribution in [3.8, 4) is 11.5 Å². The summed E-state index contributed by atoms with van der Waals surface area (Å²) in [5.74, 6) is 1.66. The average Bonchev–Trinajstić information content (AvgIpc) is 3.19. The van der Waals surface area contributed by atoms with E-state index in [4.69, 9.17) is 25.5 Å². The molecular formula is C21H20ClNO4. The second kappa shape index (κ2) is 8.64. The third kappa shape index (κ3) is 4.83. The van der Waals surface area contributed by atoms with Gasteiger partial charge in [0.25, 0.3) is 5.91 Å². The number of hydrogen-bond acceptors (Lipinski definition) is 4. The molecular weight excluding hydrogens is 366 g/mol. The molecule has 1 amide bonds. The molecule has 0 saturated heterocycles. The molecule has 3 aromatic rings. The van der Waals surface area contributed by atoms with Crippen LogP contribution < -0.4 is 9.47 Å². The van der Waals surface area contributed by atoms with Gasteiger partial charge in [0, 0.05) is 17.6 Å². The lowest BCUT2D eigenvalue weighted by atomic mass is 10.1. The maximum atomic E-state index is 12.6. The molecule has 0 bridgehead atoms. The van der Waals surface area contributed by atoms with Gasteiger partial charge in [-0.15, -0.1) is 0 Å². The van der Waals surface area contributed by atoms with Crippen LogP contribution >= 0.6 is 11.6 Å².